The number of carbonyl (C=O) groups excluding carboxylic acids is 1. The van der Waals surface area contributed by atoms with Gasteiger partial charge in [0.25, 0.3) is 11.5 Å². The monoisotopic (exact) mass is 352 g/mol. The van der Waals surface area contributed by atoms with Crippen molar-refractivity contribution in [2.75, 3.05) is 20.2 Å². The van der Waals surface area contributed by atoms with Gasteiger partial charge < -0.3 is 14.6 Å². The molecule has 1 aromatic carbocycles. The maximum absolute atomic E-state index is 12.6. The lowest BCUT2D eigenvalue weighted by molar-refractivity contribution is 0.0453. The van der Waals surface area contributed by atoms with Gasteiger partial charge in [0.1, 0.15) is 11.4 Å². The van der Waals surface area contributed by atoms with Gasteiger partial charge in [-0.05, 0) is 31.2 Å². The summed E-state index contributed by atoms with van der Waals surface area (Å²) < 4.78 is 6.69. The number of likely N-dealkylation sites (tertiary alicyclic amines) is 1. The number of H-pyrrole nitrogens is 1. The lowest BCUT2D eigenvalue weighted by Gasteiger charge is -2.39. The van der Waals surface area contributed by atoms with Crippen LogP contribution in [0, 0.1) is 12.8 Å². The Balaban J connectivity index is 1.43. The van der Waals surface area contributed by atoms with Crippen LogP contribution in [-0.4, -0.2) is 45.8 Å². The summed E-state index contributed by atoms with van der Waals surface area (Å²) in [6.45, 7) is 3.64. The number of aromatic nitrogens is 3. The van der Waals surface area contributed by atoms with Crippen molar-refractivity contribution < 1.29 is 9.53 Å². The fraction of sp³-hybridized carbons (Fsp3) is 0.316. The number of fused-ring (bicyclic) bond motifs is 1. The average molecular weight is 352 g/mol. The van der Waals surface area contributed by atoms with Crippen LogP contribution < -0.4 is 10.3 Å². The highest BCUT2D eigenvalue weighted by Gasteiger charge is 2.32. The second kappa shape index (κ2) is 6.33. The minimum Gasteiger partial charge on any atom is -0.497 e. The summed E-state index contributed by atoms with van der Waals surface area (Å²) in [5.41, 5.74) is 2.15. The summed E-state index contributed by atoms with van der Waals surface area (Å²) in [6, 6.07) is 10.8. The number of nitrogens with zero attached hydrogens (tertiary/aromatic N) is 3. The van der Waals surface area contributed by atoms with Crippen LogP contribution in [0.3, 0.4) is 0 Å². The SMILES string of the molecule is COc1ccc2cc(C(=O)N3CC(Cn4nc(C)ccc4=O)C3)[nH]c2c1. The fourth-order valence-corrected chi connectivity index (χ4v) is 3.30. The molecular formula is C19H20N4O3. The van der Waals surface area contributed by atoms with E-state index in [0.717, 1.165) is 22.3 Å². The Kier molecular flexibility index (Phi) is 3.99. The number of methoxy groups -OCH3 is 1. The van der Waals surface area contributed by atoms with E-state index in [0.29, 0.717) is 25.3 Å². The fourth-order valence-electron chi connectivity index (χ4n) is 3.30. The minimum absolute atomic E-state index is 0.0269. The molecule has 0 spiro atoms. The van der Waals surface area contributed by atoms with E-state index in [1.807, 2.05) is 31.2 Å². The summed E-state index contributed by atoms with van der Waals surface area (Å²) in [7, 11) is 1.62. The minimum atomic E-state index is -0.107. The van der Waals surface area contributed by atoms with E-state index in [-0.39, 0.29) is 17.4 Å². The summed E-state index contributed by atoms with van der Waals surface area (Å²) >= 11 is 0. The van der Waals surface area contributed by atoms with Crippen LogP contribution in [0.15, 0.2) is 41.2 Å². The number of aromatic amines is 1. The van der Waals surface area contributed by atoms with Gasteiger partial charge in [0, 0.05) is 42.0 Å². The highest BCUT2D eigenvalue weighted by molar-refractivity contribution is 5.98. The first-order valence-corrected chi connectivity index (χ1v) is 8.54. The molecule has 7 nitrogen and oxygen atoms in total. The van der Waals surface area contributed by atoms with Crippen molar-refractivity contribution in [3.63, 3.8) is 0 Å². The molecule has 0 unspecified atom stereocenters. The molecule has 134 valence electrons. The number of hydrogen-bond acceptors (Lipinski definition) is 4. The number of rotatable bonds is 4. The van der Waals surface area contributed by atoms with Crippen LogP contribution in [0.1, 0.15) is 16.2 Å². The molecule has 1 aliphatic rings. The first kappa shape index (κ1) is 16.4. The maximum Gasteiger partial charge on any atom is 0.270 e. The van der Waals surface area contributed by atoms with E-state index in [1.54, 1.807) is 18.1 Å². The molecule has 7 heteroatoms. The van der Waals surface area contributed by atoms with Crippen molar-refractivity contribution in [2.45, 2.75) is 13.5 Å². The van der Waals surface area contributed by atoms with Crippen molar-refractivity contribution >= 4 is 16.8 Å². The Bertz CT molecular complexity index is 1030. The van der Waals surface area contributed by atoms with E-state index in [2.05, 4.69) is 10.1 Å². The number of benzene rings is 1. The Morgan fingerprint density at radius 1 is 1.27 bits per heavy atom. The average Bonchev–Trinajstić information content (AvgIpc) is 3.03. The van der Waals surface area contributed by atoms with Crippen molar-refractivity contribution in [1.29, 1.82) is 0 Å². The first-order valence-electron chi connectivity index (χ1n) is 8.54. The molecule has 26 heavy (non-hydrogen) atoms. The zero-order valence-electron chi connectivity index (χ0n) is 14.7. The van der Waals surface area contributed by atoms with Crippen molar-refractivity contribution in [1.82, 2.24) is 19.7 Å². The third kappa shape index (κ3) is 2.96. The molecule has 3 aromatic rings. The smallest absolute Gasteiger partial charge is 0.270 e. The van der Waals surface area contributed by atoms with Crippen LogP contribution in [-0.2, 0) is 6.54 Å². The second-order valence-corrected chi connectivity index (χ2v) is 6.71. The largest absolute Gasteiger partial charge is 0.497 e. The molecule has 0 radical (unpaired) electrons. The van der Waals surface area contributed by atoms with Gasteiger partial charge in [-0.2, -0.15) is 5.10 Å². The molecule has 0 aliphatic carbocycles. The molecule has 1 fully saturated rings. The number of aryl methyl sites for hydroxylation is 1. The molecule has 4 rings (SSSR count). The lowest BCUT2D eigenvalue weighted by atomic mass is 9.99. The van der Waals surface area contributed by atoms with E-state index < -0.39 is 0 Å². The summed E-state index contributed by atoms with van der Waals surface area (Å²) in [6.07, 6.45) is 0. The van der Waals surface area contributed by atoms with Crippen molar-refractivity contribution in [2.24, 2.45) is 5.92 Å². The van der Waals surface area contributed by atoms with Crippen LogP contribution in [0.25, 0.3) is 10.9 Å². The number of hydrogen-bond donors (Lipinski definition) is 1. The molecule has 0 saturated carbocycles. The molecule has 1 N–H and O–H groups in total. The molecular weight excluding hydrogens is 332 g/mol. The molecule has 1 amide bonds. The second-order valence-electron chi connectivity index (χ2n) is 6.71. The summed E-state index contributed by atoms with van der Waals surface area (Å²) in [5.74, 6) is 0.967. The van der Waals surface area contributed by atoms with E-state index in [4.69, 9.17) is 4.74 Å². The van der Waals surface area contributed by atoms with Crippen molar-refractivity contribution in [3.05, 3.63) is 58.1 Å². The van der Waals surface area contributed by atoms with Gasteiger partial charge in [0.05, 0.1) is 19.3 Å². The van der Waals surface area contributed by atoms with Crippen molar-refractivity contribution in [3.8, 4) is 5.75 Å². The molecule has 1 aliphatic heterocycles. The Labute approximate surface area is 150 Å². The molecule has 0 atom stereocenters. The number of carbonyl (C=O) groups is 1. The van der Waals surface area contributed by atoms with Gasteiger partial charge in [0.2, 0.25) is 0 Å². The topological polar surface area (TPSA) is 80.2 Å². The normalized spacial score (nSPS) is 14.5. The highest BCUT2D eigenvalue weighted by atomic mass is 16.5. The Hall–Kier alpha value is -3.09. The number of nitrogens with one attached hydrogen (secondary N) is 1. The first-order chi connectivity index (χ1) is 12.5. The van der Waals surface area contributed by atoms with E-state index in [9.17, 15) is 9.59 Å². The van der Waals surface area contributed by atoms with Gasteiger partial charge in [-0.3, -0.25) is 9.59 Å². The molecule has 3 heterocycles. The predicted molar refractivity (Wildman–Crippen MR) is 97.5 cm³/mol. The number of ether oxygens (including phenoxy) is 1. The quantitative estimate of drug-likeness (QED) is 0.777. The van der Waals surface area contributed by atoms with Crippen LogP contribution >= 0.6 is 0 Å². The third-order valence-corrected chi connectivity index (χ3v) is 4.74. The van der Waals surface area contributed by atoms with Gasteiger partial charge in [-0.25, -0.2) is 4.68 Å². The Morgan fingerprint density at radius 2 is 2.08 bits per heavy atom. The van der Waals surface area contributed by atoms with E-state index >= 15 is 0 Å². The maximum atomic E-state index is 12.6. The number of amides is 1. The molecule has 1 saturated heterocycles. The van der Waals surface area contributed by atoms with Gasteiger partial charge in [-0.15, -0.1) is 0 Å². The Morgan fingerprint density at radius 3 is 2.85 bits per heavy atom. The van der Waals surface area contributed by atoms with Crippen LogP contribution in [0.5, 0.6) is 5.75 Å². The zero-order valence-corrected chi connectivity index (χ0v) is 14.7. The molecule has 2 aromatic heterocycles. The summed E-state index contributed by atoms with van der Waals surface area (Å²) in [5, 5.41) is 5.22. The van der Waals surface area contributed by atoms with Gasteiger partial charge in [0.15, 0.2) is 0 Å². The van der Waals surface area contributed by atoms with Gasteiger partial charge >= 0.3 is 0 Å². The zero-order chi connectivity index (χ0) is 18.3. The van der Waals surface area contributed by atoms with Crippen LogP contribution in [0.4, 0.5) is 0 Å². The third-order valence-electron chi connectivity index (χ3n) is 4.74. The standard InChI is InChI=1S/C19H20N4O3/c1-12-3-6-18(24)23(21-12)11-13-9-22(10-13)19(25)17-7-14-4-5-15(26-2)8-16(14)20-17/h3-8,13,20H,9-11H2,1-2H3. The molecule has 0 bridgehead atoms. The summed E-state index contributed by atoms with van der Waals surface area (Å²) in [4.78, 5) is 29.4. The van der Waals surface area contributed by atoms with Crippen LogP contribution in [0.2, 0.25) is 0 Å². The predicted octanol–water partition coefficient (Wildman–Crippen LogP) is 1.81. The highest BCUT2D eigenvalue weighted by Crippen LogP contribution is 2.24. The van der Waals surface area contributed by atoms with E-state index in [1.165, 1.54) is 10.7 Å². The van der Waals surface area contributed by atoms with Gasteiger partial charge in [-0.1, -0.05) is 0 Å². The lowest BCUT2D eigenvalue weighted by Crippen LogP contribution is -2.52.